The molecule has 0 aromatic rings. The summed E-state index contributed by atoms with van der Waals surface area (Å²) in [4.78, 5) is 0. The van der Waals surface area contributed by atoms with Crippen LogP contribution in [0.25, 0.3) is 0 Å². The zero-order valence-corrected chi connectivity index (χ0v) is 10.6. The topological polar surface area (TPSA) is 32.3 Å². The van der Waals surface area contributed by atoms with Gasteiger partial charge in [-0.15, -0.1) is 0 Å². The van der Waals surface area contributed by atoms with E-state index in [0.29, 0.717) is 11.3 Å². The van der Waals surface area contributed by atoms with Crippen molar-refractivity contribution in [3.63, 3.8) is 0 Å². The first-order chi connectivity index (χ1) is 6.15. The molecule has 0 aliphatic rings. The van der Waals surface area contributed by atoms with Crippen molar-refractivity contribution in [2.75, 3.05) is 13.1 Å². The van der Waals surface area contributed by atoms with E-state index in [9.17, 15) is 5.11 Å². The Morgan fingerprint density at radius 1 is 1.14 bits per heavy atom. The van der Waals surface area contributed by atoms with Crippen LogP contribution >= 0.6 is 0 Å². The van der Waals surface area contributed by atoms with E-state index in [1.165, 1.54) is 0 Å². The number of hydrogen-bond acceptors (Lipinski definition) is 2. The van der Waals surface area contributed by atoms with Crippen LogP contribution in [-0.4, -0.2) is 23.8 Å². The highest BCUT2D eigenvalue weighted by atomic mass is 16.3. The summed E-state index contributed by atoms with van der Waals surface area (Å²) in [5.74, 6) is 0.678. The second kappa shape index (κ2) is 5.13. The van der Waals surface area contributed by atoms with Gasteiger partial charge in [0.1, 0.15) is 0 Å². The molecular formula is C12H27NO. The van der Waals surface area contributed by atoms with Crippen molar-refractivity contribution in [2.45, 2.75) is 53.6 Å². The Kier molecular flexibility index (Phi) is 5.10. The smallest absolute Gasteiger partial charge is 0.0603 e. The second-order valence-electron chi connectivity index (χ2n) is 5.88. The SMILES string of the molecule is CC(C)C(C)(C)CNCCC(C)(C)O. The molecule has 0 spiro atoms. The Morgan fingerprint density at radius 3 is 2.00 bits per heavy atom. The highest BCUT2D eigenvalue weighted by molar-refractivity contribution is 4.76. The first-order valence-corrected chi connectivity index (χ1v) is 5.58. The van der Waals surface area contributed by atoms with Crippen LogP contribution in [0.3, 0.4) is 0 Å². The summed E-state index contributed by atoms with van der Waals surface area (Å²) in [6.45, 7) is 14.6. The standard InChI is InChI=1S/C12H27NO/c1-10(2)11(3,4)9-13-8-7-12(5,6)14/h10,13-14H,7-9H2,1-6H3. The van der Waals surface area contributed by atoms with E-state index in [1.54, 1.807) is 0 Å². The normalized spacial score (nSPS) is 13.7. The van der Waals surface area contributed by atoms with Crippen LogP contribution in [0.15, 0.2) is 0 Å². The van der Waals surface area contributed by atoms with Crippen molar-refractivity contribution in [1.82, 2.24) is 5.32 Å². The molecule has 2 N–H and O–H groups in total. The monoisotopic (exact) mass is 201 g/mol. The molecule has 0 amide bonds. The summed E-state index contributed by atoms with van der Waals surface area (Å²) in [5, 5.41) is 12.9. The Labute approximate surface area is 89.1 Å². The van der Waals surface area contributed by atoms with Crippen molar-refractivity contribution >= 4 is 0 Å². The maximum absolute atomic E-state index is 9.52. The molecule has 0 atom stereocenters. The molecule has 0 radical (unpaired) electrons. The van der Waals surface area contributed by atoms with Gasteiger partial charge in [0, 0.05) is 6.54 Å². The Hall–Kier alpha value is -0.0800. The van der Waals surface area contributed by atoms with E-state index in [0.717, 1.165) is 19.5 Å². The Morgan fingerprint density at radius 2 is 1.64 bits per heavy atom. The first kappa shape index (κ1) is 13.9. The third-order valence-electron chi connectivity index (χ3n) is 3.06. The zero-order chi connectivity index (χ0) is 11.4. The largest absolute Gasteiger partial charge is 0.390 e. The average Bonchev–Trinajstić information content (AvgIpc) is 1.96. The van der Waals surface area contributed by atoms with Crippen molar-refractivity contribution in [2.24, 2.45) is 11.3 Å². The van der Waals surface area contributed by atoms with Gasteiger partial charge in [0.15, 0.2) is 0 Å². The second-order valence-corrected chi connectivity index (χ2v) is 5.88. The summed E-state index contributed by atoms with van der Waals surface area (Å²) >= 11 is 0. The third-order valence-corrected chi connectivity index (χ3v) is 3.06. The van der Waals surface area contributed by atoms with Crippen LogP contribution < -0.4 is 5.32 Å². The lowest BCUT2D eigenvalue weighted by atomic mass is 9.81. The molecule has 2 heteroatoms. The van der Waals surface area contributed by atoms with Crippen LogP contribution in [0.5, 0.6) is 0 Å². The number of nitrogens with one attached hydrogen (secondary N) is 1. The molecule has 0 rings (SSSR count). The maximum atomic E-state index is 9.52. The van der Waals surface area contributed by atoms with Gasteiger partial charge >= 0.3 is 0 Å². The summed E-state index contributed by atoms with van der Waals surface area (Å²) in [6, 6.07) is 0. The molecule has 0 heterocycles. The molecular weight excluding hydrogens is 174 g/mol. The predicted octanol–water partition coefficient (Wildman–Crippen LogP) is 2.42. The summed E-state index contributed by atoms with van der Waals surface area (Å²) < 4.78 is 0. The van der Waals surface area contributed by atoms with Crippen molar-refractivity contribution in [3.05, 3.63) is 0 Å². The van der Waals surface area contributed by atoms with Crippen LogP contribution in [0, 0.1) is 11.3 Å². The molecule has 0 aliphatic heterocycles. The number of aliphatic hydroxyl groups is 1. The molecule has 0 aromatic heterocycles. The third kappa shape index (κ3) is 6.39. The highest BCUT2D eigenvalue weighted by Gasteiger charge is 2.21. The van der Waals surface area contributed by atoms with Crippen molar-refractivity contribution < 1.29 is 5.11 Å². The summed E-state index contributed by atoms with van der Waals surface area (Å²) in [5.41, 5.74) is -0.214. The Balaban J connectivity index is 3.65. The first-order valence-electron chi connectivity index (χ1n) is 5.58. The van der Waals surface area contributed by atoms with Gasteiger partial charge in [-0.05, 0) is 38.1 Å². The zero-order valence-electron chi connectivity index (χ0n) is 10.6. The van der Waals surface area contributed by atoms with Gasteiger partial charge in [0.05, 0.1) is 5.60 Å². The van der Waals surface area contributed by atoms with E-state index in [1.807, 2.05) is 13.8 Å². The Bertz CT molecular complexity index is 156. The molecule has 0 fully saturated rings. The van der Waals surface area contributed by atoms with Gasteiger partial charge in [-0.25, -0.2) is 0 Å². The summed E-state index contributed by atoms with van der Waals surface area (Å²) in [6.07, 6.45) is 0.807. The molecule has 0 aliphatic carbocycles. The molecule has 0 bridgehead atoms. The van der Waals surface area contributed by atoms with Gasteiger partial charge in [0.2, 0.25) is 0 Å². The van der Waals surface area contributed by atoms with Gasteiger partial charge in [-0.2, -0.15) is 0 Å². The minimum Gasteiger partial charge on any atom is -0.390 e. The molecule has 0 saturated carbocycles. The fourth-order valence-corrected chi connectivity index (χ4v) is 1.01. The van der Waals surface area contributed by atoms with Crippen LogP contribution in [0.4, 0.5) is 0 Å². The number of rotatable bonds is 6. The highest BCUT2D eigenvalue weighted by Crippen LogP contribution is 2.24. The van der Waals surface area contributed by atoms with Gasteiger partial charge in [0.25, 0.3) is 0 Å². The molecule has 0 unspecified atom stereocenters. The molecule has 14 heavy (non-hydrogen) atoms. The fourth-order valence-electron chi connectivity index (χ4n) is 1.01. The van der Waals surface area contributed by atoms with Gasteiger partial charge in [-0.1, -0.05) is 27.7 Å². The molecule has 86 valence electrons. The quantitative estimate of drug-likeness (QED) is 0.647. The number of hydrogen-bond donors (Lipinski definition) is 2. The molecule has 0 saturated heterocycles. The minimum atomic E-state index is -0.547. The van der Waals surface area contributed by atoms with E-state index in [-0.39, 0.29) is 0 Å². The van der Waals surface area contributed by atoms with Crippen LogP contribution in [0.2, 0.25) is 0 Å². The van der Waals surface area contributed by atoms with Crippen molar-refractivity contribution in [3.8, 4) is 0 Å². The maximum Gasteiger partial charge on any atom is 0.0603 e. The van der Waals surface area contributed by atoms with Crippen molar-refractivity contribution in [1.29, 1.82) is 0 Å². The van der Waals surface area contributed by atoms with Crippen LogP contribution in [0.1, 0.15) is 48.0 Å². The lowest BCUT2D eigenvalue weighted by Crippen LogP contribution is -2.36. The van der Waals surface area contributed by atoms with Gasteiger partial charge < -0.3 is 10.4 Å². The van der Waals surface area contributed by atoms with E-state index in [4.69, 9.17) is 0 Å². The lowest BCUT2D eigenvalue weighted by molar-refractivity contribution is 0.0698. The fraction of sp³-hybridized carbons (Fsp3) is 1.00. The lowest BCUT2D eigenvalue weighted by Gasteiger charge is -2.30. The predicted molar refractivity (Wildman–Crippen MR) is 62.4 cm³/mol. The van der Waals surface area contributed by atoms with E-state index in [2.05, 4.69) is 33.0 Å². The van der Waals surface area contributed by atoms with Gasteiger partial charge in [-0.3, -0.25) is 0 Å². The minimum absolute atomic E-state index is 0.333. The average molecular weight is 201 g/mol. The summed E-state index contributed by atoms with van der Waals surface area (Å²) in [7, 11) is 0. The van der Waals surface area contributed by atoms with E-state index < -0.39 is 5.60 Å². The van der Waals surface area contributed by atoms with E-state index >= 15 is 0 Å². The molecule has 0 aromatic carbocycles. The van der Waals surface area contributed by atoms with Crippen LogP contribution in [-0.2, 0) is 0 Å². The molecule has 2 nitrogen and oxygen atoms in total.